The van der Waals surface area contributed by atoms with Crippen molar-refractivity contribution in [1.29, 1.82) is 0 Å². The van der Waals surface area contributed by atoms with Crippen LogP contribution in [0.3, 0.4) is 0 Å². The molecule has 5 aliphatic rings. The second-order valence-corrected chi connectivity index (χ2v) is 14.3. The van der Waals surface area contributed by atoms with Crippen molar-refractivity contribution in [2.45, 2.75) is 135 Å². The van der Waals surface area contributed by atoms with Gasteiger partial charge in [-0.1, -0.05) is 0 Å². The van der Waals surface area contributed by atoms with Crippen LogP contribution in [0.2, 0.25) is 0 Å². The topological polar surface area (TPSA) is 376 Å². The zero-order valence-corrected chi connectivity index (χ0v) is 27.1. The van der Waals surface area contributed by atoms with E-state index in [2.05, 4.69) is 10.3 Å². The van der Waals surface area contributed by atoms with Crippen molar-refractivity contribution in [3.05, 3.63) is 0 Å². The fraction of sp³-hybridized carbons (Fsp3) is 0.931. The lowest BCUT2D eigenvalue weighted by atomic mass is 9.76. The Morgan fingerprint density at radius 3 is 2.10 bits per heavy atom. The molecule has 49 heavy (non-hydrogen) atoms. The number of Topliss-reactive ketones (excluding diaryl/α,β-unsaturated/α-hetero) is 1. The Labute approximate surface area is 283 Å². The molecule has 20 heteroatoms. The monoisotopic (exact) mass is 706 g/mol. The van der Waals surface area contributed by atoms with Crippen LogP contribution in [0.15, 0.2) is 4.99 Å². The van der Waals surface area contributed by atoms with Crippen LogP contribution in [0.1, 0.15) is 32.1 Å². The number of aliphatic imine (C=N–C) groups is 1. The summed E-state index contributed by atoms with van der Waals surface area (Å²) in [5.41, 5.74) is 33.5. The molecule has 5 fully saturated rings. The van der Waals surface area contributed by atoms with Crippen molar-refractivity contribution < 1.29 is 59.5 Å². The van der Waals surface area contributed by atoms with Crippen LogP contribution < -0.4 is 39.7 Å². The van der Waals surface area contributed by atoms with Crippen molar-refractivity contribution in [3.8, 4) is 0 Å². The molecule has 0 aromatic heterocycles. The third-order valence-electron chi connectivity index (χ3n) is 10.6. The van der Waals surface area contributed by atoms with Crippen LogP contribution in [0, 0.1) is 11.8 Å². The van der Waals surface area contributed by atoms with Gasteiger partial charge in [-0.3, -0.25) is 4.79 Å². The van der Waals surface area contributed by atoms with Gasteiger partial charge in [0.15, 0.2) is 24.3 Å². The number of aliphatic hydroxyl groups is 7. The van der Waals surface area contributed by atoms with Crippen LogP contribution in [0.5, 0.6) is 0 Å². The maximum atomic E-state index is 13.3. The van der Waals surface area contributed by atoms with Gasteiger partial charge >= 0.3 is 0 Å². The summed E-state index contributed by atoms with van der Waals surface area (Å²) in [5, 5.41) is 78.1. The second-order valence-electron chi connectivity index (χ2n) is 14.3. The first kappa shape index (κ1) is 38.5. The zero-order valence-electron chi connectivity index (χ0n) is 27.1. The van der Waals surface area contributed by atoms with Crippen molar-refractivity contribution >= 4 is 11.7 Å². The number of hydrogen-bond donors (Lipinski definition) is 14. The minimum atomic E-state index is -1.85. The normalized spacial score (nSPS) is 49.9. The molecule has 3 saturated carbocycles. The minimum absolute atomic E-state index is 0.0208. The van der Waals surface area contributed by atoms with Crippen molar-refractivity contribution in [2.24, 2.45) is 51.2 Å². The van der Waals surface area contributed by atoms with Crippen LogP contribution in [0.25, 0.3) is 0 Å². The van der Waals surface area contributed by atoms with Crippen molar-refractivity contribution in [2.75, 3.05) is 19.7 Å². The van der Waals surface area contributed by atoms with E-state index in [-0.39, 0.29) is 37.8 Å². The van der Waals surface area contributed by atoms with Gasteiger partial charge in [-0.25, -0.2) is 4.99 Å². The molecule has 0 spiro atoms. The molecule has 20 nitrogen and oxygen atoms in total. The number of carbonyl (C=O) groups is 1. The Hall–Kier alpha value is -1.70. The number of guanidine groups is 1. The third kappa shape index (κ3) is 8.19. The van der Waals surface area contributed by atoms with E-state index >= 15 is 0 Å². The number of hydrogen-bond acceptors (Lipinski definition) is 18. The van der Waals surface area contributed by atoms with Gasteiger partial charge in [0, 0.05) is 31.5 Å². The first-order valence-corrected chi connectivity index (χ1v) is 16.8. The van der Waals surface area contributed by atoms with E-state index in [9.17, 15) is 40.5 Å². The van der Waals surface area contributed by atoms with Gasteiger partial charge in [0.2, 0.25) is 0 Å². The molecule has 20 N–H and O–H groups in total. The molecule has 0 amide bonds. The van der Waals surface area contributed by atoms with E-state index < -0.39 is 116 Å². The highest BCUT2D eigenvalue weighted by Gasteiger charge is 2.60. The van der Waals surface area contributed by atoms with E-state index in [0.29, 0.717) is 12.5 Å². The summed E-state index contributed by atoms with van der Waals surface area (Å²) in [6.45, 7) is 0.125. The molecule has 2 saturated heterocycles. The minimum Gasteiger partial charge on any atom is -0.394 e. The van der Waals surface area contributed by atoms with Crippen molar-refractivity contribution in [3.63, 3.8) is 0 Å². The van der Waals surface area contributed by atoms with Crippen LogP contribution in [-0.2, 0) is 23.7 Å². The van der Waals surface area contributed by atoms with Gasteiger partial charge in [0.25, 0.3) is 0 Å². The zero-order chi connectivity index (χ0) is 35.9. The molecule has 17 atom stereocenters. The quantitative estimate of drug-likeness (QED) is 0.0624. The highest BCUT2D eigenvalue weighted by atomic mass is 16.7. The smallest absolute Gasteiger partial charge is 0.186 e. The van der Waals surface area contributed by atoms with E-state index in [1.807, 2.05) is 0 Å². The molecule has 282 valence electrons. The summed E-state index contributed by atoms with van der Waals surface area (Å²) >= 11 is 0. The van der Waals surface area contributed by atoms with Crippen molar-refractivity contribution in [1.82, 2.24) is 5.32 Å². The number of aliphatic hydroxyl groups excluding tert-OH is 6. The lowest BCUT2D eigenvalue weighted by molar-refractivity contribution is -0.323. The molecule has 5 rings (SSSR count). The van der Waals surface area contributed by atoms with Gasteiger partial charge in [0.05, 0.1) is 30.8 Å². The lowest BCUT2D eigenvalue weighted by Crippen LogP contribution is -2.68. The molecule has 3 unspecified atom stereocenters. The number of nitrogens with two attached hydrogens (primary N) is 6. The molecule has 0 aromatic rings. The van der Waals surface area contributed by atoms with Crippen LogP contribution in [0.4, 0.5) is 0 Å². The third-order valence-corrected chi connectivity index (χ3v) is 10.6. The number of nitrogens with zero attached hydrogens (tertiary/aromatic N) is 1. The highest BCUT2D eigenvalue weighted by molar-refractivity contribution is 5.92. The fourth-order valence-electron chi connectivity index (χ4n) is 7.36. The highest BCUT2D eigenvalue weighted by Crippen LogP contribution is 2.43. The van der Waals surface area contributed by atoms with Crippen LogP contribution in [-0.4, -0.2) is 171 Å². The largest absolute Gasteiger partial charge is 0.394 e. The SMILES string of the molecule is NC(N)=NC1CC1(O)C(=O)C[C@@H]1C[C@H](N)C(O[C@H]2O[C@H](CNCC3CC(N)C3)[C@@H](O)[C@H](O)[C@H]2N)[C@H](O)[C@H]1O[C@H]1O[C@H](CO)[C@@H](O)[C@H](N)[C@H]1O. The number of ether oxygens (including phenoxy) is 4. The fourth-order valence-corrected chi connectivity index (χ4v) is 7.36. The second kappa shape index (κ2) is 15.5. The number of rotatable bonds is 13. The first-order chi connectivity index (χ1) is 23.0. The van der Waals surface area contributed by atoms with E-state index in [0.717, 1.165) is 12.8 Å². The Kier molecular flexibility index (Phi) is 12.2. The predicted molar refractivity (Wildman–Crippen MR) is 169 cm³/mol. The maximum absolute atomic E-state index is 13.3. The van der Waals surface area contributed by atoms with Gasteiger partial charge in [-0.2, -0.15) is 0 Å². The average molecular weight is 707 g/mol. The molecule has 0 radical (unpaired) electrons. The summed E-state index contributed by atoms with van der Waals surface area (Å²) in [6.07, 6.45) is -13.9. The van der Waals surface area contributed by atoms with E-state index in [4.69, 9.17) is 53.3 Å². The van der Waals surface area contributed by atoms with Gasteiger partial charge in [-0.15, -0.1) is 0 Å². The summed E-state index contributed by atoms with van der Waals surface area (Å²) < 4.78 is 23.7. The Morgan fingerprint density at radius 1 is 0.816 bits per heavy atom. The van der Waals surface area contributed by atoms with Gasteiger partial charge in [0.1, 0.15) is 54.4 Å². The Morgan fingerprint density at radius 2 is 1.47 bits per heavy atom. The van der Waals surface area contributed by atoms with Gasteiger partial charge in [-0.05, 0) is 37.6 Å². The Balaban J connectivity index is 1.32. The average Bonchev–Trinajstić information content (AvgIpc) is 3.69. The lowest BCUT2D eigenvalue weighted by Gasteiger charge is -2.49. The molecule has 0 aromatic carbocycles. The number of ketones is 1. The first-order valence-electron chi connectivity index (χ1n) is 16.8. The molecular weight excluding hydrogens is 652 g/mol. The molecule has 3 aliphatic carbocycles. The molecule has 2 heterocycles. The summed E-state index contributed by atoms with van der Waals surface area (Å²) in [4.78, 5) is 17.2. The Bertz CT molecular complexity index is 1170. The number of nitrogens with one attached hydrogen (secondary N) is 1. The standard InChI is InChI=1S/C29H54N8O12/c30-11-1-9(2-11)6-36-7-13-20(41)21(42)18(33)26(46-13)49-25-12(31)3-10(4-16(39)29(45)5-15(29)37-28(34)35)24(23(25)44)48-27-22(43)17(32)19(40)14(8-38)47-27/h9-15,17-27,36,38,40-45H,1-8,30-33H2,(H4,34,35,37)/t9?,10-,11?,12-,13+,14+,15?,17-,18+,19+,20+,21+,22+,23+,24-,25?,26+,27+,29?/m0/s1. The number of carbonyl (C=O) groups excluding carboxylic acids is 1. The van der Waals surface area contributed by atoms with E-state index in [1.54, 1.807) is 0 Å². The predicted octanol–water partition coefficient (Wildman–Crippen LogP) is -7.93. The van der Waals surface area contributed by atoms with E-state index in [1.165, 1.54) is 0 Å². The van der Waals surface area contributed by atoms with Gasteiger partial charge < -0.3 is 94.4 Å². The maximum Gasteiger partial charge on any atom is 0.186 e. The molecule has 2 aliphatic heterocycles. The summed E-state index contributed by atoms with van der Waals surface area (Å²) in [6, 6.07) is -4.20. The molecule has 0 bridgehead atoms. The molecular formula is C29H54N8O12. The summed E-state index contributed by atoms with van der Waals surface area (Å²) in [7, 11) is 0. The van der Waals surface area contributed by atoms with Crippen LogP contribution >= 0.6 is 0 Å². The summed E-state index contributed by atoms with van der Waals surface area (Å²) in [5.74, 6) is -1.44.